The van der Waals surface area contributed by atoms with E-state index in [1.165, 1.54) is 22.3 Å². The van der Waals surface area contributed by atoms with Crippen LogP contribution in [0.4, 0.5) is 0 Å². The fourth-order valence-corrected chi connectivity index (χ4v) is 2.53. The normalized spacial score (nSPS) is 11.9. The highest BCUT2D eigenvalue weighted by Gasteiger charge is 2.10. The lowest BCUT2D eigenvalue weighted by Crippen LogP contribution is -2.12. The summed E-state index contributed by atoms with van der Waals surface area (Å²) < 4.78 is 0. The molecule has 0 aliphatic heterocycles. The fourth-order valence-electron chi connectivity index (χ4n) is 2.42. The predicted octanol–water partition coefficient (Wildman–Crippen LogP) is 4.71. The highest BCUT2D eigenvalue weighted by molar-refractivity contribution is 7.80. The Bertz CT molecular complexity index is 579. The number of aryl methyl sites for hydroxylation is 1. The van der Waals surface area contributed by atoms with Crippen molar-refractivity contribution in [2.24, 2.45) is 5.73 Å². The molecule has 2 N–H and O–H groups in total. The van der Waals surface area contributed by atoms with Crippen LogP contribution in [-0.4, -0.2) is 11.4 Å². The molecule has 0 radical (unpaired) electrons. The summed E-state index contributed by atoms with van der Waals surface area (Å²) in [5.74, 6) is 0. The summed E-state index contributed by atoms with van der Waals surface area (Å²) in [5, 5.41) is 0. The molecular weight excluding hydrogens is 274 g/mol. The molecule has 0 fully saturated rings. The van der Waals surface area contributed by atoms with E-state index in [4.69, 9.17) is 18.0 Å². The number of rotatable bonds is 7. The molecule has 1 aromatic rings. The van der Waals surface area contributed by atoms with Gasteiger partial charge in [-0.1, -0.05) is 55.2 Å². The van der Waals surface area contributed by atoms with Crippen LogP contribution in [0.15, 0.2) is 43.0 Å². The topological polar surface area (TPSA) is 26.0 Å². The van der Waals surface area contributed by atoms with Gasteiger partial charge in [-0.05, 0) is 61.4 Å². The van der Waals surface area contributed by atoms with Gasteiger partial charge in [0, 0.05) is 11.4 Å². The van der Waals surface area contributed by atoms with Crippen LogP contribution in [0, 0.1) is 13.8 Å². The first-order valence-electron chi connectivity index (χ1n) is 7.31. The third-order valence-electron chi connectivity index (χ3n) is 3.71. The third kappa shape index (κ3) is 4.76. The molecule has 0 atom stereocenters. The molecule has 0 unspecified atom stereocenters. The molecule has 1 rings (SSSR count). The van der Waals surface area contributed by atoms with Gasteiger partial charge in [0.25, 0.3) is 0 Å². The highest BCUT2D eigenvalue weighted by atomic mass is 32.1. The van der Waals surface area contributed by atoms with Crippen molar-refractivity contribution in [1.82, 2.24) is 0 Å². The number of hydrogen-bond acceptors (Lipinski definition) is 2. The van der Waals surface area contributed by atoms with E-state index in [0.717, 1.165) is 23.3 Å². The van der Waals surface area contributed by atoms with E-state index in [1.807, 2.05) is 25.2 Å². The van der Waals surface area contributed by atoms with E-state index in [2.05, 4.69) is 38.6 Å². The van der Waals surface area contributed by atoms with E-state index < -0.39 is 0 Å². The van der Waals surface area contributed by atoms with Gasteiger partial charge in [0.15, 0.2) is 0 Å². The van der Waals surface area contributed by atoms with Crippen LogP contribution in [-0.2, 0) is 6.42 Å². The molecule has 0 amide bonds. The lowest BCUT2D eigenvalue weighted by Gasteiger charge is -2.15. The van der Waals surface area contributed by atoms with Crippen LogP contribution in [0.25, 0.3) is 5.57 Å². The standard InChI is InChI=1S/C19H25NS/c1-5-7-8-16(6-2)19-11-9-14(3)18(15(19)4)12-10-17(21)13-20/h5-9,11H,2,10,12-13,20H2,1,3-4H3/b7-5-,16-8+. The Morgan fingerprint density at radius 3 is 2.62 bits per heavy atom. The second kappa shape index (κ2) is 8.71. The maximum absolute atomic E-state index is 5.60. The van der Waals surface area contributed by atoms with Gasteiger partial charge in [-0.2, -0.15) is 0 Å². The Labute approximate surface area is 134 Å². The van der Waals surface area contributed by atoms with Gasteiger partial charge in [0.1, 0.15) is 0 Å². The van der Waals surface area contributed by atoms with Crippen molar-refractivity contribution < 1.29 is 0 Å². The molecular formula is C19H25NS. The van der Waals surface area contributed by atoms with Gasteiger partial charge < -0.3 is 5.73 Å². The van der Waals surface area contributed by atoms with E-state index in [-0.39, 0.29) is 0 Å². The average molecular weight is 299 g/mol. The number of nitrogens with two attached hydrogens (primary N) is 1. The van der Waals surface area contributed by atoms with Crippen molar-refractivity contribution in [2.75, 3.05) is 6.54 Å². The largest absolute Gasteiger partial charge is 0.326 e. The Balaban J connectivity index is 3.19. The smallest absolute Gasteiger partial charge is 0.0242 e. The van der Waals surface area contributed by atoms with Crippen LogP contribution < -0.4 is 5.73 Å². The molecule has 0 bridgehead atoms. The van der Waals surface area contributed by atoms with E-state index >= 15 is 0 Å². The van der Waals surface area contributed by atoms with Gasteiger partial charge in [0.2, 0.25) is 0 Å². The Morgan fingerprint density at radius 2 is 2.05 bits per heavy atom. The zero-order valence-corrected chi connectivity index (χ0v) is 14.1. The minimum Gasteiger partial charge on any atom is -0.326 e. The highest BCUT2D eigenvalue weighted by Crippen LogP contribution is 2.26. The molecule has 1 aromatic carbocycles. The summed E-state index contributed by atoms with van der Waals surface area (Å²) >= 11 is 5.24. The molecule has 1 nitrogen and oxygen atoms in total. The molecule has 0 saturated carbocycles. The summed E-state index contributed by atoms with van der Waals surface area (Å²) in [6.07, 6.45) is 9.90. The van der Waals surface area contributed by atoms with Crippen molar-refractivity contribution in [3.63, 3.8) is 0 Å². The molecule has 0 aromatic heterocycles. The molecule has 2 heteroatoms. The fraction of sp³-hybridized carbons (Fsp3) is 0.316. The molecule has 0 aliphatic carbocycles. The monoisotopic (exact) mass is 299 g/mol. The van der Waals surface area contributed by atoms with E-state index in [9.17, 15) is 0 Å². The minimum absolute atomic E-state index is 0.492. The molecule has 0 heterocycles. The van der Waals surface area contributed by atoms with Gasteiger partial charge in [-0.3, -0.25) is 0 Å². The van der Waals surface area contributed by atoms with Gasteiger partial charge in [-0.25, -0.2) is 0 Å². The number of allylic oxidation sites excluding steroid dienone is 5. The zero-order chi connectivity index (χ0) is 15.8. The second-order valence-corrected chi connectivity index (χ2v) is 5.71. The summed E-state index contributed by atoms with van der Waals surface area (Å²) in [4.78, 5) is 0.938. The molecule has 0 aliphatic rings. The summed E-state index contributed by atoms with van der Waals surface area (Å²) in [5.41, 5.74) is 12.0. The van der Waals surface area contributed by atoms with Crippen LogP contribution in [0.3, 0.4) is 0 Å². The first-order chi connectivity index (χ1) is 10.0. The van der Waals surface area contributed by atoms with Crippen LogP contribution in [0.2, 0.25) is 0 Å². The summed E-state index contributed by atoms with van der Waals surface area (Å²) in [7, 11) is 0. The first kappa shape index (κ1) is 17.5. The molecule has 112 valence electrons. The van der Waals surface area contributed by atoms with Gasteiger partial charge >= 0.3 is 0 Å². The minimum atomic E-state index is 0.492. The summed E-state index contributed by atoms with van der Waals surface area (Å²) in [6.45, 7) is 10.8. The van der Waals surface area contributed by atoms with Crippen LogP contribution in [0.1, 0.15) is 35.6 Å². The first-order valence-corrected chi connectivity index (χ1v) is 7.72. The Hall–Kier alpha value is -1.51. The third-order valence-corrected chi connectivity index (χ3v) is 4.08. The lowest BCUT2D eigenvalue weighted by molar-refractivity contribution is 0.997. The predicted molar refractivity (Wildman–Crippen MR) is 98.9 cm³/mol. The average Bonchev–Trinajstić information content (AvgIpc) is 2.49. The maximum atomic E-state index is 5.60. The Morgan fingerprint density at radius 1 is 1.33 bits per heavy atom. The second-order valence-electron chi connectivity index (χ2n) is 5.13. The van der Waals surface area contributed by atoms with Crippen molar-refractivity contribution in [1.29, 1.82) is 0 Å². The van der Waals surface area contributed by atoms with Crippen LogP contribution >= 0.6 is 12.2 Å². The van der Waals surface area contributed by atoms with Crippen molar-refractivity contribution in [2.45, 2.75) is 33.6 Å². The van der Waals surface area contributed by atoms with Crippen LogP contribution in [0.5, 0.6) is 0 Å². The Kier molecular flexibility index (Phi) is 7.27. The number of benzene rings is 1. The quantitative estimate of drug-likeness (QED) is 0.583. The molecule has 21 heavy (non-hydrogen) atoms. The van der Waals surface area contributed by atoms with E-state index in [0.29, 0.717) is 6.54 Å². The summed E-state index contributed by atoms with van der Waals surface area (Å²) in [6, 6.07) is 4.35. The molecule has 0 saturated heterocycles. The SMILES string of the molecule is C=C/C(=C\C=C/C)c1ccc(C)c(CCC(=S)CN)c1C. The lowest BCUT2D eigenvalue weighted by atomic mass is 9.90. The zero-order valence-electron chi connectivity index (χ0n) is 13.3. The van der Waals surface area contributed by atoms with Gasteiger partial charge in [-0.15, -0.1) is 0 Å². The molecule has 0 spiro atoms. The van der Waals surface area contributed by atoms with Gasteiger partial charge in [0.05, 0.1) is 0 Å². The number of hydrogen-bond donors (Lipinski definition) is 1. The number of thiocarbonyl (C=S) groups is 1. The van der Waals surface area contributed by atoms with Crippen molar-refractivity contribution in [3.8, 4) is 0 Å². The van der Waals surface area contributed by atoms with E-state index in [1.54, 1.807) is 0 Å². The maximum Gasteiger partial charge on any atom is 0.0242 e. The van der Waals surface area contributed by atoms with Crippen molar-refractivity contribution >= 4 is 22.7 Å². The van der Waals surface area contributed by atoms with Crippen molar-refractivity contribution in [3.05, 3.63) is 65.3 Å².